The van der Waals surface area contributed by atoms with Gasteiger partial charge in [0.25, 0.3) is 0 Å². The molecule has 0 spiro atoms. The van der Waals surface area contributed by atoms with E-state index < -0.39 is 0 Å². The summed E-state index contributed by atoms with van der Waals surface area (Å²) in [6.07, 6.45) is 5.44. The third kappa shape index (κ3) is 3.16. The second-order valence-corrected chi connectivity index (χ2v) is 8.07. The van der Waals surface area contributed by atoms with Gasteiger partial charge in [-0.25, -0.2) is 0 Å². The lowest BCUT2D eigenvalue weighted by molar-refractivity contribution is -0.0233. The summed E-state index contributed by atoms with van der Waals surface area (Å²) in [5.74, 6) is 1.65. The first-order valence-corrected chi connectivity index (χ1v) is 8.32. The Kier molecular flexibility index (Phi) is 4.32. The molecule has 112 valence electrons. The molecule has 1 N–H and O–H groups in total. The first-order chi connectivity index (χ1) is 8.80. The van der Waals surface area contributed by atoms with E-state index in [1.165, 1.54) is 32.2 Å². The van der Waals surface area contributed by atoms with Crippen LogP contribution in [0.5, 0.6) is 0 Å². The van der Waals surface area contributed by atoms with Gasteiger partial charge in [-0.2, -0.15) is 0 Å². The second kappa shape index (κ2) is 5.37. The van der Waals surface area contributed by atoms with Crippen LogP contribution in [-0.2, 0) is 0 Å². The van der Waals surface area contributed by atoms with E-state index in [0.29, 0.717) is 17.1 Å². The largest absolute Gasteiger partial charge is 0.308 e. The number of nitrogens with one attached hydrogen (secondary N) is 1. The molecule has 2 nitrogen and oxygen atoms in total. The van der Waals surface area contributed by atoms with Gasteiger partial charge >= 0.3 is 0 Å². The highest BCUT2D eigenvalue weighted by atomic mass is 15.3. The van der Waals surface area contributed by atoms with Crippen LogP contribution in [0.4, 0.5) is 0 Å². The maximum absolute atomic E-state index is 3.89. The average Bonchev–Trinajstić information content (AvgIpc) is 3.12. The number of hydrogen-bond acceptors (Lipinski definition) is 2. The van der Waals surface area contributed by atoms with Crippen LogP contribution in [-0.4, -0.2) is 35.1 Å². The molecule has 0 aromatic carbocycles. The number of nitrogens with zero attached hydrogens (tertiary/aromatic N) is 1. The zero-order valence-corrected chi connectivity index (χ0v) is 13.9. The highest BCUT2D eigenvalue weighted by Gasteiger charge is 2.49. The summed E-state index contributed by atoms with van der Waals surface area (Å²) in [4.78, 5) is 2.83. The van der Waals surface area contributed by atoms with E-state index in [9.17, 15) is 0 Å². The maximum Gasteiger partial charge on any atom is 0.0309 e. The molecule has 2 heteroatoms. The zero-order valence-electron chi connectivity index (χ0n) is 13.9. The normalized spacial score (nSPS) is 33.9. The molecule has 0 aromatic rings. The minimum Gasteiger partial charge on any atom is -0.308 e. The fourth-order valence-corrected chi connectivity index (χ4v) is 3.98. The van der Waals surface area contributed by atoms with Gasteiger partial charge in [0, 0.05) is 30.2 Å². The minimum atomic E-state index is 0.335. The summed E-state index contributed by atoms with van der Waals surface area (Å²) < 4.78 is 0. The van der Waals surface area contributed by atoms with Gasteiger partial charge in [-0.05, 0) is 51.9 Å². The van der Waals surface area contributed by atoms with Crippen LogP contribution in [0.25, 0.3) is 0 Å². The molecule has 0 aromatic heterocycles. The predicted octanol–water partition coefficient (Wildman–Crippen LogP) is 3.66. The monoisotopic (exact) mass is 266 g/mol. The van der Waals surface area contributed by atoms with Crippen molar-refractivity contribution in [3.05, 3.63) is 0 Å². The Morgan fingerprint density at radius 3 is 2.42 bits per heavy atom. The lowest BCUT2D eigenvalue weighted by Crippen LogP contribution is -2.69. The van der Waals surface area contributed by atoms with E-state index in [2.05, 4.69) is 51.8 Å². The van der Waals surface area contributed by atoms with Crippen LogP contribution in [0.2, 0.25) is 0 Å². The van der Waals surface area contributed by atoms with Gasteiger partial charge in [0.2, 0.25) is 0 Å². The van der Waals surface area contributed by atoms with Crippen LogP contribution >= 0.6 is 0 Å². The molecule has 1 saturated carbocycles. The fraction of sp³-hybridized carbons (Fsp3) is 1.00. The van der Waals surface area contributed by atoms with Crippen molar-refractivity contribution in [1.29, 1.82) is 0 Å². The van der Waals surface area contributed by atoms with Crippen molar-refractivity contribution < 1.29 is 0 Å². The highest BCUT2D eigenvalue weighted by Crippen LogP contribution is 2.43. The standard InChI is InChI=1S/C17H34N2/c1-7-10-16(4,5)19-12-17(6,14-8-9-14)18-11-15(19)13(2)3/h13-15,18H,7-12H2,1-6H3. The smallest absolute Gasteiger partial charge is 0.0309 e. The van der Waals surface area contributed by atoms with Crippen molar-refractivity contribution in [2.45, 2.75) is 84.3 Å². The van der Waals surface area contributed by atoms with E-state index in [-0.39, 0.29) is 0 Å². The third-order valence-corrected chi connectivity index (χ3v) is 5.50. The van der Waals surface area contributed by atoms with Gasteiger partial charge < -0.3 is 5.32 Å². The van der Waals surface area contributed by atoms with Crippen molar-refractivity contribution in [2.75, 3.05) is 13.1 Å². The van der Waals surface area contributed by atoms with Gasteiger partial charge in [0.15, 0.2) is 0 Å². The molecule has 2 aliphatic rings. The fourth-order valence-electron chi connectivity index (χ4n) is 3.98. The molecule has 2 unspecified atom stereocenters. The van der Waals surface area contributed by atoms with Gasteiger partial charge in [0.05, 0.1) is 0 Å². The molecule has 2 atom stereocenters. The lowest BCUT2D eigenvalue weighted by Gasteiger charge is -2.54. The summed E-state index contributed by atoms with van der Waals surface area (Å²) in [5.41, 5.74) is 0.693. The molecular weight excluding hydrogens is 232 g/mol. The van der Waals surface area contributed by atoms with Crippen molar-refractivity contribution in [3.63, 3.8) is 0 Å². The summed E-state index contributed by atoms with van der Waals surface area (Å²) >= 11 is 0. The van der Waals surface area contributed by atoms with Crippen LogP contribution in [0, 0.1) is 11.8 Å². The maximum atomic E-state index is 3.89. The van der Waals surface area contributed by atoms with Gasteiger partial charge in [-0.1, -0.05) is 27.2 Å². The van der Waals surface area contributed by atoms with Crippen LogP contribution < -0.4 is 5.32 Å². The summed E-state index contributed by atoms with van der Waals surface area (Å²) in [5, 5.41) is 3.89. The zero-order chi connectivity index (χ0) is 14.3. The Morgan fingerprint density at radius 2 is 1.95 bits per heavy atom. The van der Waals surface area contributed by atoms with Crippen LogP contribution in [0.3, 0.4) is 0 Å². The molecule has 1 aliphatic carbocycles. The molecule has 1 saturated heterocycles. The highest BCUT2D eigenvalue weighted by molar-refractivity contribution is 5.07. The predicted molar refractivity (Wildman–Crippen MR) is 83.5 cm³/mol. The molecule has 2 rings (SSSR count). The summed E-state index contributed by atoms with van der Waals surface area (Å²) in [6, 6.07) is 0.688. The molecule has 0 amide bonds. The molecular formula is C17H34N2. The molecule has 1 aliphatic heterocycles. The van der Waals surface area contributed by atoms with E-state index in [1.807, 2.05) is 0 Å². The third-order valence-electron chi connectivity index (χ3n) is 5.50. The first kappa shape index (κ1) is 15.3. The van der Waals surface area contributed by atoms with Gasteiger partial charge in [0.1, 0.15) is 0 Å². The summed E-state index contributed by atoms with van der Waals surface area (Å²) in [7, 11) is 0. The number of hydrogen-bond donors (Lipinski definition) is 1. The van der Waals surface area contributed by atoms with Crippen LogP contribution in [0.15, 0.2) is 0 Å². The molecule has 19 heavy (non-hydrogen) atoms. The number of rotatable bonds is 5. The Balaban J connectivity index is 2.17. The Morgan fingerprint density at radius 1 is 1.32 bits per heavy atom. The first-order valence-electron chi connectivity index (χ1n) is 8.32. The average molecular weight is 266 g/mol. The quantitative estimate of drug-likeness (QED) is 0.817. The van der Waals surface area contributed by atoms with Gasteiger partial charge in [-0.15, -0.1) is 0 Å². The topological polar surface area (TPSA) is 15.3 Å². The second-order valence-electron chi connectivity index (χ2n) is 8.07. The van der Waals surface area contributed by atoms with E-state index in [1.54, 1.807) is 0 Å². The van der Waals surface area contributed by atoms with E-state index in [4.69, 9.17) is 0 Å². The minimum absolute atomic E-state index is 0.335. The van der Waals surface area contributed by atoms with E-state index in [0.717, 1.165) is 18.4 Å². The van der Waals surface area contributed by atoms with Crippen molar-refractivity contribution in [1.82, 2.24) is 10.2 Å². The Labute approximate surface area is 120 Å². The SMILES string of the molecule is CCCC(C)(C)N1CC(C)(C2CC2)NCC1C(C)C. The summed E-state index contributed by atoms with van der Waals surface area (Å²) in [6.45, 7) is 16.8. The molecule has 2 fully saturated rings. The Bertz CT molecular complexity index is 306. The number of piperazine rings is 1. The Hall–Kier alpha value is -0.0800. The molecule has 1 heterocycles. The lowest BCUT2D eigenvalue weighted by atomic mass is 9.83. The van der Waals surface area contributed by atoms with Crippen molar-refractivity contribution in [2.24, 2.45) is 11.8 Å². The van der Waals surface area contributed by atoms with Gasteiger partial charge in [-0.3, -0.25) is 4.90 Å². The van der Waals surface area contributed by atoms with Crippen molar-refractivity contribution >= 4 is 0 Å². The molecule has 0 bridgehead atoms. The van der Waals surface area contributed by atoms with E-state index >= 15 is 0 Å². The van der Waals surface area contributed by atoms with Crippen molar-refractivity contribution in [3.8, 4) is 0 Å². The van der Waals surface area contributed by atoms with Crippen LogP contribution in [0.1, 0.15) is 67.2 Å². The molecule has 0 radical (unpaired) electrons.